The van der Waals surface area contributed by atoms with Gasteiger partial charge in [-0.05, 0) is 24.3 Å². The highest BCUT2D eigenvalue weighted by Crippen LogP contribution is 2.19. The lowest BCUT2D eigenvalue weighted by Gasteiger charge is -2.28. The SMILES string of the molecule is O=C(CN1CSCC1=O)Nc1ccc(N2CCOCC2)cc1. The van der Waals surface area contributed by atoms with Crippen molar-refractivity contribution in [3.63, 3.8) is 0 Å². The van der Waals surface area contributed by atoms with Crippen molar-refractivity contribution in [2.75, 3.05) is 54.7 Å². The van der Waals surface area contributed by atoms with E-state index >= 15 is 0 Å². The summed E-state index contributed by atoms with van der Waals surface area (Å²) in [4.78, 5) is 27.3. The number of rotatable bonds is 4. The topological polar surface area (TPSA) is 61.9 Å². The van der Waals surface area contributed by atoms with Crippen molar-refractivity contribution < 1.29 is 14.3 Å². The molecule has 1 aromatic carbocycles. The van der Waals surface area contributed by atoms with Gasteiger partial charge in [0.05, 0.1) is 24.8 Å². The van der Waals surface area contributed by atoms with E-state index < -0.39 is 0 Å². The Morgan fingerprint density at radius 3 is 2.59 bits per heavy atom. The molecule has 2 fully saturated rings. The van der Waals surface area contributed by atoms with Crippen LogP contribution in [0.1, 0.15) is 0 Å². The first-order chi connectivity index (χ1) is 10.7. The molecule has 2 aliphatic heterocycles. The van der Waals surface area contributed by atoms with E-state index in [-0.39, 0.29) is 18.4 Å². The lowest BCUT2D eigenvalue weighted by atomic mass is 10.2. The van der Waals surface area contributed by atoms with Crippen LogP contribution in [0.15, 0.2) is 24.3 Å². The standard InChI is InChI=1S/C15H19N3O3S/c19-14(9-18-11-22-10-15(18)20)16-12-1-3-13(4-2-12)17-5-7-21-8-6-17/h1-4H,5-11H2,(H,16,19). The van der Waals surface area contributed by atoms with Gasteiger partial charge in [0.25, 0.3) is 0 Å². The number of carbonyl (C=O) groups is 2. The van der Waals surface area contributed by atoms with E-state index in [2.05, 4.69) is 10.2 Å². The smallest absolute Gasteiger partial charge is 0.244 e. The number of thioether (sulfide) groups is 1. The van der Waals surface area contributed by atoms with Crippen LogP contribution in [0.4, 0.5) is 11.4 Å². The van der Waals surface area contributed by atoms with E-state index in [1.807, 2.05) is 24.3 Å². The highest BCUT2D eigenvalue weighted by molar-refractivity contribution is 8.00. The van der Waals surface area contributed by atoms with Gasteiger partial charge in [0.2, 0.25) is 11.8 Å². The van der Waals surface area contributed by atoms with Crippen LogP contribution in [-0.4, -0.2) is 61.2 Å². The van der Waals surface area contributed by atoms with Gasteiger partial charge in [-0.15, -0.1) is 11.8 Å². The van der Waals surface area contributed by atoms with Gasteiger partial charge in [0.1, 0.15) is 6.54 Å². The van der Waals surface area contributed by atoms with Gasteiger partial charge in [-0.2, -0.15) is 0 Å². The third-order valence-corrected chi connectivity index (χ3v) is 4.63. The lowest BCUT2D eigenvalue weighted by molar-refractivity contribution is -0.130. The number of ether oxygens (including phenoxy) is 1. The van der Waals surface area contributed by atoms with Gasteiger partial charge < -0.3 is 19.9 Å². The zero-order chi connectivity index (χ0) is 15.4. The molecule has 3 rings (SSSR count). The van der Waals surface area contributed by atoms with E-state index in [0.717, 1.165) is 37.7 Å². The average molecular weight is 321 g/mol. The molecule has 0 aliphatic carbocycles. The Hall–Kier alpha value is -1.73. The molecule has 0 spiro atoms. The van der Waals surface area contributed by atoms with Crippen molar-refractivity contribution in [2.24, 2.45) is 0 Å². The largest absolute Gasteiger partial charge is 0.378 e. The van der Waals surface area contributed by atoms with Crippen molar-refractivity contribution in [3.8, 4) is 0 Å². The highest BCUT2D eigenvalue weighted by atomic mass is 32.2. The van der Waals surface area contributed by atoms with Crippen LogP contribution in [0.3, 0.4) is 0 Å². The van der Waals surface area contributed by atoms with Crippen LogP contribution < -0.4 is 10.2 Å². The van der Waals surface area contributed by atoms with E-state index in [0.29, 0.717) is 11.6 Å². The molecule has 0 radical (unpaired) electrons. The molecular formula is C15H19N3O3S. The van der Waals surface area contributed by atoms with Gasteiger partial charge in [-0.1, -0.05) is 0 Å². The zero-order valence-corrected chi connectivity index (χ0v) is 13.1. The predicted octanol–water partition coefficient (Wildman–Crippen LogP) is 0.995. The van der Waals surface area contributed by atoms with Crippen molar-refractivity contribution in [3.05, 3.63) is 24.3 Å². The van der Waals surface area contributed by atoms with Crippen LogP contribution in [0.25, 0.3) is 0 Å². The third kappa shape index (κ3) is 3.72. The summed E-state index contributed by atoms with van der Waals surface area (Å²) in [6.07, 6.45) is 0. The number of morpholine rings is 1. The molecule has 1 aromatic rings. The molecule has 0 bridgehead atoms. The lowest BCUT2D eigenvalue weighted by Crippen LogP contribution is -2.36. The summed E-state index contributed by atoms with van der Waals surface area (Å²) in [5.41, 5.74) is 1.88. The van der Waals surface area contributed by atoms with Crippen LogP contribution >= 0.6 is 11.8 Å². The monoisotopic (exact) mass is 321 g/mol. The first kappa shape index (κ1) is 15.2. The first-order valence-electron chi connectivity index (χ1n) is 7.30. The molecule has 2 amide bonds. The minimum atomic E-state index is -0.157. The first-order valence-corrected chi connectivity index (χ1v) is 8.46. The molecule has 2 heterocycles. The third-order valence-electron chi connectivity index (χ3n) is 3.69. The Balaban J connectivity index is 1.54. The Kier molecular flexibility index (Phi) is 4.84. The maximum Gasteiger partial charge on any atom is 0.244 e. The highest BCUT2D eigenvalue weighted by Gasteiger charge is 2.22. The molecule has 7 heteroatoms. The second-order valence-electron chi connectivity index (χ2n) is 5.26. The summed E-state index contributed by atoms with van der Waals surface area (Å²) in [5.74, 6) is 0.946. The van der Waals surface area contributed by atoms with E-state index in [1.165, 1.54) is 11.8 Å². The zero-order valence-electron chi connectivity index (χ0n) is 12.3. The van der Waals surface area contributed by atoms with Crippen LogP contribution in [-0.2, 0) is 14.3 Å². The van der Waals surface area contributed by atoms with Gasteiger partial charge in [0.15, 0.2) is 0 Å². The minimum absolute atomic E-state index is 0.0304. The molecule has 118 valence electrons. The molecular weight excluding hydrogens is 302 g/mol. The van der Waals surface area contributed by atoms with Crippen molar-refractivity contribution in [1.29, 1.82) is 0 Å². The number of hydrogen-bond acceptors (Lipinski definition) is 5. The summed E-state index contributed by atoms with van der Waals surface area (Å²) >= 11 is 1.54. The molecule has 22 heavy (non-hydrogen) atoms. The summed E-state index contributed by atoms with van der Waals surface area (Å²) in [7, 11) is 0. The van der Waals surface area contributed by atoms with Gasteiger partial charge >= 0.3 is 0 Å². The number of nitrogens with one attached hydrogen (secondary N) is 1. The number of amides is 2. The number of carbonyl (C=O) groups excluding carboxylic acids is 2. The summed E-state index contributed by atoms with van der Waals surface area (Å²) < 4.78 is 5.34. The maximum absolute atomic E-state index is 12.0. The Morgan fingerprint density at radius 2 is 1.95 bits per heavy atom. The van der Waals surface area contributed by atoms with Crippen LogP contribution in [0.2, 0.25) is 0 Å². The molecule has 2 saturated heterocycles. The fraction of sp³-hybridized carbons (Fsp3) is 0.467. The van der Waals surface area contributed by atoms with Crippen molar-refractivity contribution in [2.45, 2.75) is 0 Å². The quantitative estimate of drug-likeness (QED) is 0.896. The maximum atomic E-state index is 12.0. The summed E-state index contributed by atoms with van der Waals surface area (Å²) in [6.45, 7) is 3.40. The Labute approximate surface area is 133 Å². The molecule has 2 aliphatic rings. The molecule has 0 aromatic heterocycles. The average Bonchev–Trinajstić information content (AvgIpc) is 2.94. The second-order valence-corrected chi connectivity index (χ2v) is 6.22. The molecule has 6 nitrogen and oxygen atoms in total. The number of anilines is 2. The second kappa shape index (κ2) is 7.02. The van der Waals surface area contributed by atoms with Crippen LogP contribution in [0.5, 0.6) is 0 Å². The Morgan fingerprint density at radius 1 is 1.23 bits per heavy atom. The number of benzene rings is 1. The van der Waals surface area contributed by atoms with E-state index in [1.54, 1.807) is 4.90 Å². The van der Waals surface area contributed by atoms with E-state index in [9.17, 15) is 9.59 Å². The molecule has 1 N–H and O–H groups in total. The van der Waals surface area contributed by atoms with Crippen molar-refractivity contribution >= 4 is 35.0 Å². The number of nitrogens with zero attached hydrogens (tertiary/aromatic N) is 2. The molecule has 0 saturated carbocycles. The normalized spacial score (nSPS) is 18.6. The summed E-state index contributed by atoms with van der Waals surface area (Å²) in [5, 5.41) is 2.83. The molecule has 0 unspecified atom stereocenters. The van der Waals surface area contributed by atoms with Crippen LogP contribution in [0, 0.1) is 0 Å². The Bertz CT molecular complexity index is 543. The van der Waals surface area contributed by atoms with Gasteiger partial charge in [-0.3, -0.25) is 9.59 Å². The number of hydrogen-bond donors (Lipinski definition) is 1. The minimum Gasteiger partial charge on any atom is -0.378 e. The van der Waals surface area contributed by atoms with E-state index in [4.69, 9.17) is 4.74 Å². The van der Waals surface area contributed by atoms with Gasteiger partial charge in [0, 0.05) is 24.5 Å². The fourth-order valence-electron chi connectivity index (χ4n) is 2.49. The fourth-order valence-corrected chi connectivity index (χ4v) is 3.40. The predicted molar refractivity (Wildman–Crippen MR) is 87.1 cm³/mol. The molecule has 0 atom stereocenters. The van der Waals surface area contributed by atoms with Gasteiger partial charge in [-0.25, -0.2) is 0 Å². The van der Waals surface area contributed by atoms with Crippen molar-refractivity contribution in [1.82, 2.24) is 4.90 Å². The summed E-state index contributed by atoms with van der Waals surface area (Å²) in [6, 6.07) is 7.78.